The van der Waals surface area contributed by atoms with Gasteiger partial charge in [-0.2, -0.15) is 5.10 Å². The standard InChI is InChI=1S/C19H20N4O3S2/c1-12-8-9-13(28(25,26)23(2)3)10-16(12)20-19(27)22-21-17-11-18(24)15-7-5-4-6-14(15)17/h4-10H,11H2,1-3H3,(H2,20,22,27)/b21-17-. The maximum absolute atomic E-state index is 12.3. The summed E-state index contributed by atoms with van der Waals surface area (Å²) >= 11 is 5.27. The van der Waals surface area contributed by atoms with E-state index in [0.717, 1.165) is 15.4 Å². The second-order valence-electron chi connectivity index (χ2n) is 6.53. The lowest BCUT2D eigenvalue weighted by Gasteiger charge is -2.15. The molecule has 2 N–H and O–H groups in total. The number of Topliss-reactive ketones (excluding diaryl/α,β-unsaturated/α-hetero) is 1. The van der Waals surface area contributed by atoms with Gasteiger partial charge >= 0.3 is 0 Å². The minimum Gasteiger partial charge on any atom is -0.331 e. The molecule has 9 heteroatoms. The summed E-state index contributed by atoms with van der Waals surface area (Å²) in [5.74, 6) is 0.0208. The number of nitrogens with zero attached hydrogens (tertiary/aromatic N) is 2. The molecule has 0 atom stereocenters. The van der Waals surface area contributed by atoms with Gasteiger partial charge in [-0.05, 0) is 36.8 Å². The SMILES string of the molecule is Cc1ccc(S(=O)(=O)N(C)C)cc1NC(=S)N/N=C1/CC(=O)c2ccccc21. The lowest BCUT2D eigenvalue weighted by molar-refractivity contribution is 0.101. The van der Waals surface area contributed by atoms with Crippen LogP contribution in [0.25, 0.3) is 0 Å². The van der Waals surface area contributed by atoms with Crippen LogP contribution in [0.3, 0.4) is 0 Å². The van der Waals surface area contributed by atoms with Crippen LogP contribution in [0.1, 0.15) is 27.9 Å². The highest BCUT2D eigenvalue weighted by atomic mass is 32.2. The van der Waals surface area contributed by atoms with Gasteiger partial charge in [-0.3, -0.25) is 10.2 Å². The zero-order valence-electron chi connectivity index (χ0n) is 15.7. The number of rotatable bonds is 4. The van der Waals surface area contributed by atoms with E-state index in [9.17, 15) is 13.2 Å². The maximum atomic E-state index is 12.3. The zero-order chi connectivity index (χ0) is 20.5. The lowest BCUT2D eigenvalue weighted by Crippen LogP contribution is -2.26. The highest BCUT2D eigenvalue weighted by Crippen LogP contribution is 2.23. The van der Waals surface area contributed by atoms with E-state index in [0.29, 0.717) is 17.0 Å². The Hall–Kier alpha value is -2.62. The molecule has 0 saturated carbocycles. The molecular formula is C19H20N4O3S2. The predicted octanol–water partition coefficient (Wildman–Crippen LogP) is 2.52. The molecule has 1 aliphatic carbocycles. The molecule has 0 unspecified atom stereocenters. The van der Waals surface area contributed by atoms with Crippen LogP contribution in [0.4, 0.5) is 5.69 Å². The zero-order valence-corrected chi connectivity index (χ0v) is 17.3. The first kappa shape index (κ1) is 20.1. The highest BCUT2D eigenvalue weighted by Gasteiger charge is 2.25. The Morgan fingerprint density at radius 3 is 2.50 bits per heavy atom. The first-order valence-electron chi connectivity index (χ1n) is 8.49. The third-order valence-electron chi connectivity index (χ3n) is 4.39. The first-order chi connectivity index (χ1) is 13.2. The van der Waals surface area contributed by atoms with Crippen molar-refractivity contribution < 1.29 is 13.2 Å². The van der Waals surface area contributed by atoms with E-state index in [-0.39, 0.29) is 22.2 Å². The molecule has 2 aromatic rings. The molecule has 0 aromatic heterocycles. The molecule has 146 valence electrons. The van der Waals surface area contributed by atoms with Crippen molar-refractivity contribution in [3.8, 4) is 0 Å². The van der Waals surface area contributed by atoms with Crippen LogP contribution in [-0.2, 0) is 10.0 Å². The lowest BCUT2D eigenvalue weighted by atomic mass is 10.1. The minimum absolute atomic E-state index is 0.0208. The Bertz CT molecular complexity index is 1090. The maximum Gasteiger partial charge on any atom is 0.242 e. The van der Waals surface area contributed by atoms with E-state index < -0.39 is 10.0 Å². The number of carbonyl (C=O) groups is 1. The molecular weight excluding hydrogens is 396 g/mol. The minimum atomic E-state index is -3.55. The van der Waals surface area contributed by atoms with Gasteiger partial charge < -0.3 is 5.32 Å². The molecule has 0 aliphatic heterocycles. The van der Waals surface area contributed by atoms with Gasteiger partial charge in [-0.15, -0.1) is 0 Å². The van der Waals surface area contributed by atoms with Crippen molar-refractivity contribution in [2.45, 2.75) is 18.2 Å². The summed E-state index contributed by atoms with van der Waals surface area (Å²) in [6.45, 7) is 1.84. The number of carbonyl (C=O) groups excluding carboxylic acids is 1. The van der Waals surface area contributed by atoms with E-state index in [1.54, 1.807) is 18.2 Å². The topological polar surface area (TPSA) is 90.9 Å². The number of anilines is 1. The van der Waals surface area contributed by atoms with E-state index in [2.05, 4.69) is 15.8 Å². The number of thiocarbonyl (C=S) groups is 1. The molecule has 0 radical (unpaired) electrons. The van der Waals surface area contributed by atoms with Crippen molar-refractivity contribution in [3.63, 3.8) is 0 Å². The normalized spacial score (nSPS) is 15.0. The Labute approximate surface area is 169 Å². The number of fused-ring (bicyclic) bond motifs is 1. The van der Waals surface area contributed by atoms with Gasteiger partial charge in [0.05, 0.1) is 17.0 Å². The average Bonchev–Trinajstić information content (AvgIpc) is 2.98. The number of aryl methyl sites for hydroxylation is 1. The molecule has 0 heterocycles. The van der Waals surface area contributed by atoms with Gasteiger partial charge in [0.25, 0.3) is 0 Å². The van der Waals surface area contributed by atoms with Crippen molar-refractivity contribution in [3.05, 3.63) is 59.2 Å². The Kier molecular flexibility index (Phi) is 5.59. The fraction of sp³-hybridized carbons (Fsp3) is 0.211. The summed E-state index contributed by atoms with van der Waals surface area (Å²) in [4.78, 5) is 12.2. The summed E-state index contributed by atoms with van der Waals surface area (Å²) < 4.78 is 25.8. The number of hydrogen-bond acceptors (Lipinski definition) is 5. The molecule has 28 heavy (non-hydrogen) atoms. The second kappa shape index (κ2) is 7.78. The number of nitrogens with one attached hydrogen (secondary N) is 2. The molecule has 0 spiro atoms. The predicted molar refractivity (Wildman–Crippen MR) is 113 cm³/mol. The van der Waals surface area contributed by atoms with E-state index in [4.69, 9.17) is 12.2 Å². The van der Waals surface area contributed by atoms with Crippen molar-refractivity contribution in [2.24, 2.45) is 5.10 Å². The summed E-state index contributed by atoms with van der Waals surface area (Å²) in [6.07, 6.45) is 0.213. The third-order valence-corrected chi connectivity index (χ3v) is 6.40. The van der Waals surface area contributed by atoms with Crippen LogP contribution < -0.4 is 10.7 Å². The monoisotopic (exact) mass is 416 g/mol. The highest BCUT2D eigenvalue weighted by molar-refractivity contribution is 7.89. The van der Waals surface area contributed by atoms with E-state index in [1.807, 2.05) is 25.1 Å². The summed E-state index contributed by atoms with van der Waals surface area (Å²) in [5.41, 5.74) is 6.19. The number of hydrazone groups is 1. The molecule has 0 fully saturated rings. The van der Waals surface area contributed by atoms with Crippen LogP contribution in [0.2, 0.25) is 0 Å². The smallest absolute Gasteiger partial charge is 0.242 e. The summed E-state index contributed by atoms with van der Waals surface area (Å²) in [6, 6.07) is 12.1. The average molecular weight is 417 g/mol. The second-order valence-corrected chi connectivity index (χ2v) is 9.09. The van der Waals surface area contributed by atoms with Crippen molar-refractivity contribution in [1.82, 2.24) is 9.73 Å². The number of benzene rings is 2. The van der Waals surface area contributed by atoms with Gasteiger partial charge in [0, 0.05) is 30.9 Å². The largest absolute Gasteiger partial charge is 0.331 e. The molecule has 0 amide bonds. The number of sulfonamides is 1. The quantitative estimate of drug-likeness (QED) is 0.588. The van der Waals surface area contributed by atoms with Gasteiger partial charge in [0.2, 0.25) is 10.0 Å². The van der Waals surface area contributed by atoms with Crippen LogP contribution in [0.15, 0.2) is 52.5 Å². The van der Waals surface area contributed by atoms with Gasteiger partial charge in [-0.1, -0.05) is 30.3 Å². The van der Waals surface area contributed by atoms with Crippen molar-refractivity contribution in [2.75, 3.05) is 19.4 Å². The third kappa shape index (κ3) is 3.96. The van der Waals surface area contributed by atoms with Gasteiger partial charge in [-0.25, -0.2) is 12.7 Å². The Balaban J connectivity index is 1.77. The van der Waals surface area contributed by atoms with Crippen molar-refractivity contribution >= 4 is 44.5 Å². The molecule has 7 nitrogen and oxygen atoms in total. The van der Waals surface area contributed by atoms with Crippen LogP contribution >= 0.6 is 12.2 Å². The number of hydrogen-bond donors (Lipinski definition) is 2. The van der Waals surface area contributed by atoms with Gasteiger partial charge in [0.1, 0.15) is 0 Å². The van der Waals surface area contributed by atoms with Crippen LogP contribution in [-0.4, -0.2) is 43.4 Å². The van der Waals surface area contributed by atoms with Gasteiger partial charge in [0.15, 0.2) is 10.9 Å². The van der Waals surface area contributed by atoms with E-state index >= 15 is 0 Å². The molecule has 0 saturated heterocycles. The summed E-state index contributed by atoms with van der Waals surface area (Å²) in [5, 5.41) is 7.42. The number of ketones is 1. The Morgan fingerprint density at radius 1 is 1.14 bits per heavy atom. The molecule has 0 bridgehead atoms. The fourth-order valence-corrected chi connectivity index (χ4v) is 3.88. The van der Waals surface area contributed by atoms with Crippen molar-refractivity contribution in [1.29, 1.82) is 0 Å². The first-order valence-corrected chi connectivity index (χ1v) is 10.3. The van der Waals surface area contributed by atoms with E-state index in [1.165, 1.54) is 20.2 Å². The molecule has 1 aliphatic rings. The Morgan fingerprint density at radius 2 is 1.82 bits per heavy atom. The van der Waals surface area contributed by atoms with Crippen LogP contribution in [0, 0.1) is 6.92 Å². The van der Waals surface area contributed by atoms with Crippen LogP contribution in [0.5, 0.6) is 0 Å². The fourth-order valence-electron chi connectivity index (χ4n) is 2.80. The molecule has 2 aromatic carbocycles. The summed E-state index contributed by atoms with van der Waals surface area (Å²) in [7, 11) is -0.597. The molecule has 3 rings (SSSR count).